The van der Waals surface area contributed by atoms with Gasteiger partial charge in [0.05, 0.1) is 29.8 Å². The largest absolute Gasteiger partial charge is 0.497 e. The number of aliphatic hydroxyl groups excluding tert-OH is 1. The highest BCUT2D eigenvalue weighted by atomic mass is 35.5. The summed E-state index contributed by atoms with van der Waals surface area (Å²) in [5.41, 5.74) is 0.419. The van der Waals surface area contributed by atoms with Crippen molar-refractivity contribution in [1.29, 1.82) is 0 Å². The first-order chi connectivity index (χ1) is 13.9. The van der Waals surface area contributed by atoms with Gasteiger partial charge in [-0.15, -0.1) is 0 Å². The molecule has 2 aliphatic heterocycles. The summed E-state index contributed by atoms with van der Waals surface area (Å²) in [5.74, 6) is -0.716. The molecule has 29 heavy (non-hydrogen) atoms. The van der Waals surface area contributed by atoms with E-state index in [1.165, 1.54) is 0 Å². The highest BCUT2D eigenvalue weighted by molar-refractivity contribution is 6.35. The van der Waals surface area contributed by atoms with E-state index in [2.05, 4.69) is 16.0 Å². The summed E-state index contributed by atoms with van der Waals surface area (Å²) in [6, 6.07) is 11.8. The van der Waals surface area contributed by atoms with Gasteiger partial charge in [0.15, 0.2) is 0 Å². The molecule has 2 heterocycles. The normalized spacial score (nSPS) is 26.1. The fourth-order valence-electron chi connectivity index (χ4n) is 4.21. The van der Waals surface area contributed by atoms with Crippen LogP contribution in [0.15, 0.2) is 42.5 Å². The molecule has 0 aliphatic carbocycles. The number of aliphatic hydroxyl groups is 1. The number of para-hydroxylation sites is 1. The third-order valence-corrected chi connectivity index (χ3v) is 6.03. The van der Waals surface area contributed by atoms with E-state index in [9.17, 15) is 14.7 Å². The van der Waals surface area contributed by atoms with E-state index in [0.29, 0.717) is 34.1 Å². The molecule has 8 heteroatoms. The molecule has 0 aromatic heterocycles. The Morgan fingerprint density at radius 1 is 1.31 bits per heavy atom. The number of methoxy groups -OCH3 is 1. The summed E-state index contributed by atoms with van der Waals surface area (Å²) in [5, 5.41) is 19.5. The lowest BCUT2D eigenvalue weighted by molar-refractivity contribution is -0.130. The molecule has 4 unspecified atom stereocenters. The van der Waals surface area contributed by atoms with Crippen LogP contribution in [0.1, 0.15) is 18.9 Å². The standard InChI is InChI=1S/C21H22ClN3O4/c1-11(26)17-10-15(19(27)23-12-6-8-13(29-2)9-7-12)21(25-17)14-4-3-5-16(22)18(14)24-20(21)28/h3-9,11,15,17,25-26H,10H2,1-2H3,(H,23,27)(H,24,28). The zero-order valence-corrected chi connectivity index (χ0v) is 16.8. The van der Waals surface area contributed by atoms with Crippen molar-refractivity contribution in [1.82, 2.24) is 5.32 Å². The maximum atomic E-state index is 13.3. The van der Waals surface area contributed by atoms with E-state index in [-0.39, 0.29) is 11.8 Å². The van der Waals surface area contributed by atoms with Crippen LogP contribution in [0.5, 0.6) is 5.75 Å². The van der Waals surface area contributed by atoms with Crippen molar-refractivity contribution in [3.8, 4) is 5.75 Å². The molecule has 4 N–H and O–H groups in total. The Balaban J connectivity index is 1.71. The van der Waals surface area contributed by atoms with Crippen LogP contribution in [0.4, 0.5) is 11.4 Å². The molecule has 4 atom stereocenters. The van der Waals surface area contributed by atoms with Crippen LogP contribution in [-0.4, -0.2) is 36.2 Å². The van der Waals surface area contributed by atoms with Gasteiger partial charge in [0.25, 0.3) is 0 Å². The Morgan fingerprint density at radius 3 is 2.69 bits per heavy atom. The maximum Gasteiger partial charge on any atom is 0.250 e. The molecule has 7 nitrogen and oxygen atoms in total. The SMILES string of the molecule is COc1ccc(NC(=O)C2CC(C(C)O)NC23C(=O)Nc2c(Cl)cccc23)cc1. The zero-order valence-electron chi connectivity index (χ0n) is 16.0. The summed E-state index contributed by atoms with van der Waals surface area (Å²) >= 11 is 6.28. The third-order valence-electron chi connectivity index (χ3n) is 5.72. The van der Waals surface area contributed by atoms with Gasteiger partial charge >= 0.3 is 0 Å². The Bertz CT molecular complexity index is 963. The number of carbonyl (C=O) groups excluding carboxylic acids is 2. The average molecular weight is 416 g/mol. The first-order valence-corrected chi connectivity index (χ1v) is 9.75. The number of nitrogens with one attached hydrogen (secondary N) is 3. The number of carbonyl (C=O) groups is 2. The quantitative estimate of drug-likeness (QED) is 0.614. The number of ether oxygens (including phenoxy) is 1. The number of benzene rings is 2. The number of anilines is 2. The van der Waals surface area contributed by atoms with E-state index in [1.807, 2.05) is 0 Å². The zero-order chi connectivity index (χ0) is 20.8. The molecule has 0 bridgehead atoms. The Hall–Kier alpha value is -2.61. The minimum absolute atomic E-state index is 0.305. The van der Waals surface area contributed by atoms with Gasteiger partial charge in [0.1, 0.15) is 11.3 Å². The van der Waals surface area contributed by atoms with Crippen molar-refractivity contribution in [3.05, 3.63) is 53.1 Å². The minimum atomic E-state index is -1.29. The predicted molar refractivity (Wildman–Crippen MR) is 110 cm³/mol. The van der Waals surface area contributed by atoms with Gasteiger partial charge in [-0.05, 0) is 43.7 Å². The molecular formula is C21H22ClN3O4. The van der Waals surface area contributed by atoms with Crippen LogP contribution in [0, 0.1) is 5.92 Å². The Kier molecular flexibility index (Phi) is 4.98. The number of fused-ring (bicyclic) bond motifs is 2. The van der Waals surface area contributed by atoms with E-state index in [1.54, 1.807) is 56.5 Å². The molecule has 2 amide bonds. The maximum absolute atomic E-state index is 13.3. The second-order valence-corrected chi connectivity index (χ2v) is 7.83. The van der Waals surface area contributed by atoms with E-state index in [0.717, 1.165) is 0 Å². The van der Waals surface area contributed by atoms with Crippen LogP contribution >= 0.6 is 11.6 Å². The molecule has 1 saturated heterocycles. The number of rotatable bonds is 4. The fourth-order valence-corrected chi connectivity index (χ4v) is 4.43. The van der Waals surface area contributed by atoms with E-state index < -0.39 is 23.6 Å². The first-order valence-electron chi connectivity index (χ1n) is 9.38. The van der Waals surface area contributed by atoms with Crippen molar-refractivity contribution in [2.24, 2.45) is 5.92 Å². The molecular weight excluding hydrogens is 394 g/mol. The molecule has 0 saturated carbocycles. The monoisotopic (exact) mass is 415 g/mol. The van der Waals surface area contributed by atoms with Gasteiger partial charge in [-0.25, -0.2) is 0 Å². The highest BCUT2D eigenvalue weighted by Gasteiger charge is 2.61. The predicted octanol–water partition coefficient (Wildman–Crippen LogP) is 2.49. The summed E-state index contributed by atoms with van der Waals surface area (Å²) in [6.07, 6.45) is -0.430. The molecule has 1 fully saturated rings. The summed E-state index contributed by atoms with van der Waals surface area (Å²) < 4.78 is 5.14. The van der Waals surface area contributed by atoms with Gasteiger partial charge in [-0.2, -0.15) is 0 Å². The van der Waals surface area contributed by atoms with Crippen molar-refractivity contribution < 1.29 is 19.4 Å². The van der Waals surface area contributed by atoms with Crippen LogP contribution in [0.3, 0.4) is 0 Å². The average Bonchev–Trinajstić information content (AvgIpc) is 3.24. The molecule has 4 rings (SSSR count). The first kappa shape index (κ1) is 19.7. The smallest absolute Gasteiger partial charge is 0.250 e. The molecule has 2 aliphatic rings. The number of halogens is 1. The Labute approximate surface area is 173 Å². The minimum Gasteiger partial charge on any atom is -0.497 e. The van der Waals surface area contributed by atoms with E-state index >= 15 is 0 Å². The molecule has 152 valence electrons. The fraction of sp³-hybridized carbons (Fsp3) is 0.333. The van der Waals surface area contributed by atoms with Crippen LogP contribution in [0.2, 0.25) is 5.02 Å². The van der Waals surface area contributed by atoms with Gasteiger partial charge in [-0.1, -0.05) is 23.7 Å². The van der Waals surface area contributed by atoms with Gasteiger partial charge < -0.3 is 20.5 Å². The van der Waals surface area contributed by atoms with Crippen LogP contribution in [-0.2, 0) is 15.1 Å². The second kappa shape index (κ2) is 7.33. The Morgan fingerprint density at radius 2 is 2.03 bits per heavy atom. The second-order valence-electron chi connectivity index (χ2n) is 7.42. The van der Waals surface area contributed by atoms with Crippen LogP contribution in [0.25, 0.3) is 0 Å². The molecule has 2 aromatic rings. The molecule has 1 spiro atoms. The lowest BCUT2D eigenvalue weighted by Gasteiger charge is -2.29. The number of hydrogen-bond acceptors (Lipinski definition) is 5. The van der Waals surface area contributed by atoms with Gasteiger partial charge in [0.2, 0.25) is 11.8 Å². The highest BCUT2D eigenvalue weighted by Crippen LogP contribution is 2.49. The van der Waals surface area contributed by atoms with Crippen LogP contribution < -0.4 is 20.7 Å². The summed E-state index contributed by atoms with van der Waals surface area (Å²) in [7, 11) is 1.57. The van der Waals surface area contributed by atoms with Gasteiger partial charge in [0, 0.05) is 17.3 Å². The summed E-state index contributed by atoms with van der Waals surface area (Å²) in [4.78, 5) is 26.4. The summed E-state index contributed by atoms with van der Waals surface area (Å²) in [6.45, 7) is 1.64. The molecule has 2 aromatic carbocycles. The van der Waals surface area contributed by atoms with Gasteiger partial charge in [-0.3, -0.25) is 14.9 Å². The molecule has 0 radical (unpaired) electrons. The van der Waals surface area contributed by atoms with E-state index in [4.69, 9.17) is 16.3 Å². The topological polar surface area (TPSA) is 99.7 Å². The lowest BCUT2D eigenvalue weighted by atomic mass is 9.79. The third kappa shape index (κ3) is 3.15. The van der Waals surface area contributed by atoms with Crippen molar-refractivity contribution in [2.45, 2.75) is 31.0 Å². The van der Waals surface area contributed by atoms with Crippen molar-refractivity contribution in [3.63, 3.8) is 0 Å². The van der Waals surface area contributed by atoms with Crippen molar-refractivity contribution >= 4 is 34.8 Å². The number of hydrogen-bond donors (Lipinski definition) is 4. The number of amides is 2. The van der Waals surface area contributed by atoms with Crippen molar-refractivity contribution in [2.75, 3.05) is 17.7 Å². The lowest BCUT2D eigenvalue weighted by Crippen LogP contribution is -2.53.